The Labute approximate surface area is 99.8 Å². The van der Waals surface area contributed by atoms with E-state index in [9.17, 15) is 14.9 Å². The van der Waals surface area contributed by atoms with Crippen LogP contribution in [0.2, 0.25) is 0 Å². The summed E-state index contributed by atoms with van der Waals surface area (Å²) in [4.78, 5) is 20.2. The molecule has 0 aromatic carbocycles. The summed E-state index contributed by atoms with van der Waals surface area (Å²) in [5.74, 6) is -1.01. The van der Waals surface area contributed by atoms with Crippen LogP contribution in [0.25, 0.3) is 0 Å². The van der Waals surface area contributed by atoms with Gasteiger partial charge in [-0.05, 0) is 6.07 Å². The van der Waals surface area contributed by atoms with Gasteiger partial charge in [-0.1, -0.05) is 5.21 Å². The van der Waals surface area contributed by atoms with E-state index in [1.54, 1.807) is 0 Å². The van der Waals surface area contributed by atoms with Crippen LogP contribution in [0.5, 0.6) is 0 Å². The molecule has 9 nitrogen and oxygen atoms in total. The zero-order valence-corrected chi connectivity index (χ0v) is 9.02. The molecule has 0 saturated heterocycles. The van der Waals surface area contributed by atoms with Crippen molar-refractivity contribution in [3.8, 4) is 0 Å². The largest absolute Gasteiger partial charge is 0.481 e. The van der Waals surface area contributed by atoms with E-state index in [4.69, 9.17) is 9.52 Å². The number of hydrogen-bond donors (Lipinski definition) is 1. The lowest BCUT2D eigenvalue weighted by Crippen LogP contribution is -2.00. The third-order valence-corrected chi connectivity index (χ3v) is 2.06. The van der Waals surface area contributed by atoms with Gasteiger partial charge in [0, 0.05) is 6.20 Å². The van der Waals surface area contributed by atoms with Crippen molar-refractivity contribution >= 4 is 11.9 Å². The summed E-state index contributed by atoms with van der Waals surface area (Å²) in [5.41, 5.74) is 0.309. The fourth-order valence-corrected chi connectivity index (χ4v) is 1.36. The first-order valence-corrected chi connectivity index (χ1v) is 4.88. The molecule has 0 unspecified atom stereocenters. The fraction of sp³-hybridized carbons (Fsp3) is 0.222. The molecule has 2 rings (SSSR count). The number of hydrogen-bond acceptors (Lipinski definition) is 6. The summed E-state index contributed by atoms with van der Waals surface area (Å²) in [6.45, 7) is 0.153. The Morgan fingerprint density at radius 2 is 2.33 bits per heavy atom. The minimum Gasteiger partial charge on any atom is -0.481 e. The maximum absolute atomic E-state index is 10.4. The second kappa shape index (κ2) is 4.65. The number of carboxylic acids is 1. The van der Waals surface area contributed by atoms with Crippen molar-refractivity contribution in [1.82, 2.24) is 15.0 Å². The molecule has 2 aromatic heterocycles. The molecule has 0 aliphatic heterocycles. The number of aliphatic carboxylic acids is 1. The first-order valence-electron chi connectivity index (χ1n) is 4.88. The fourth-order valence-electron chi connectivity index (χ4n) is 1.36. The maximum Gasteiger partial charge on any atom is 0.433 e. The van der Waals surface area contributed by atoms with Crippen LogP contribution in [-0.2, 0) is 17.8 Å². The van der Waals surface area contributed by atoms with Gasteiger partial charge < -0.3 is 9.52 Å². The lowest BCUT2D eigenvalue weighted by Gasteiger charge is -1.94. The van der Waals surface area contributed by atoms with Crippen molar-refractivity contribution in [1.29, 1.82) is 0 Å². The van der Waals surface area contributed by atoms with Gasteiger partial charge >= 0.3 is 11.9 Å². The van der Waals surface area contributed by atoms with Gasteiger partial charge in [0.1, 0.15) is 17.2 Å². The molecule has 94 valence electrons. The first-order chi connectivity index (χ1) is 8.54. The Morgan fingerprint density at radius 1 is 1.56 bits per heavy atom. The van der Waals surface area contributed by atoms with Crippen LogP contribution in [0.3, 0.4) is 0 Å². The number of nitrogens with zero attached hydrogens (tertiary/aromatic N) is 4. The maximum atomic E-state index is 10.4. The van der Waals surface area contributed by atoms with Gasteiger partial charge in [-0.15, -0.1) is 5.10 Å². The van der Waals surface area contributed by atoms with Crippen LogP contribution in [-0.4, -0.2) is 31.0 Å². The molecule has 0 spiro atoms. The van der Waals surface area contributed by atoms with Crippen molar-refractivity contribution in [2.24, 2.45) is 0 Å². The van der Waals surface area contributed by atoms with Gasteiger partial charge in [-0.3, -0.25) is 14.9 Å². The van der Waals surface area contributed by atoms with Gasteiger partial charge in [0.2, 0.25) is 0 Å². The number of aromatic nitrogens is 3. The van der Waals surface area contributed by atoms with Crippen molar-refractivity contribution in [2.45, 2.75) is 13.0 Å². The summed E-state index contributed by atoms with van der Waals surface area (Å²) in [6.07, 6.45) is 1.22. The normalized spacial score (nSPS) is 10.4. The number of carbonyl (C=O) groups is 1. The molecule has 0 fully saturated rings. The van der Waals surface area contributed by atoms with Gasteiger partial charge in [0.05, 0.1) is 18.2 Å². The number of rotatable bonds is 5. The average Bonchev–Trinajstić information content (AvgIpc) is 2.88. The zero-order chi connectivity index (χ0) is 13.1. The van der Waals surface area contributed by atoms with Crippen molar-refractivity contribution < 1.29 is 19.2 Å². The minimum atomic E-state index is -1.00. The SMILES string of the molecule is O=C(O)Cc1cn(Cc2ccc([N+](=O)[O-])o2)nn1. The molecular weight excluding hydrogens is 244 g/mol. The number of nitro groups is 1. The summed E-state index contributed by atoms with van der Waals surface area (Å²) in [7, 11) is 0. The molecule has 9 heteroatoms. The zero-order valence-electron chi connectivity index (χ0n) is 9.02. The van der Waals surface area contributed by atoms with E-state index in [0.29, 0.717) is 11.5 Å². The Morgan fingerprint density at radius 3 is 2.94 bits per heavy atom. The quantitative estimate of drug-likeness (QED) is 0.605. The monoisotopic (exact) mass is 252 g/mol. The van der Waals surface area contributed by atoms with Crippen LogP contribution in [0.1, 0.15) is 11.5 Å². The molecule has 18 heavy (non-hydrogen) atoms. The Hall–Kier alpha value is -2.71. The van der Waals surface area contributed by atoms with Crippen LogP contribution in [0.4, 0.5) is 5.88 Å². The predicted octanol–water partition coefficient (Wildman–Crippen LogP) is 0.455. The third-order valence-electron chi connectivity index (χ3n) is 2.06. The first kappa shape index (κ1) is 11.8. The van der Waals surface area contributed by atoms with E-state index < -0.39 is 10.9 Å². The van der Waals surface area contributed by atoms with Crippen LogP contribution in [0, 0.1) is 10.1 Å². The Balaban J connectivity index is 2.06. The van der Waals surface area contributed by atoms with Gasteiger partial charge in [0.25, 0.3) is 0 Å². The molecule has 2 heterocycles. The Bertz CT molecular complexity index is 587. The van der Waals surface area contributed by atoms with Crippen molar-refractivity contribution in [3.63, 3.8) is 0 Å². The lowest BCUT2D eigenvalue weighted by atomic mass is 10.3. The highest BCUT2D eigenvalue weighted by Gasteiger charge is 2.13. The van der Waals surface area contributed by atoms with Gasteiger partial charge in [0.15, 0.2) is 0 Å². The van der Waals surface area contributed by atoms with E-state index in [-0.39, 0.29) is 18.8 Å². The van der Waals surface area contributed by atoms with Crippen molar-refractivity contribution in [2.75, 3.05) is 0 Å². The molecular formula is C9H8N4O5. The van der Waals surface area contributed by atoms with Crippen LogP contribution >= 0.6 is 0 Å². The highest BCUT2D eigenvalue weighted by molar-refractivity contribution is 5.69. The topological polar surface area (TPSA) is 124 Å². The number of furan rings is 1. The molecule has 0 radical (unpaired) electrons. The standard InChI is InChI=1S/C9H8N4O5/c14-9(15)3-6-4-12(11-10-6)5-7-1-2-8(18-7)13(16)17/h1-2,4H,3,5H2,(H,14,15). The molecule has 0 bridgehead atoms. The van der Waals surface area contributed by atoms with Crippen molar-refractivity contribution in [3.05, 3.63) is 39.9 Å². The van der Waals surface area contributed by atoms with Gasteiger partial charge in [-0.2, -0.15) is 0 Å². The van der Waals surface area contributed by atoms with E-state index in [1.807, 2.05) is 0 Å². The highest BCUT2D eigenvalue weighted by Crippen LogP contribution is 2.16. The van der Waals surface area contributed by atoms with E-state index in [2.05, 4.69) is 10.3 Å². The summed E-state index contributed by atoms with van der Waals surface area (Å²) in [6, 6.07) is 2.70. The molecule has 0 aliphatic carbocycles. The molecule has 2 aromatic rings. The molecule has 0 aliphatic rings. The average molecular weight is 252 g/mol. The summed E-state index contributed by atoms with van der Waals surface area (Å²) >= 11 is 0. The smallest absolute Gasteiger partial charge is 0.433 e. The van der Waals surface area contributed by atoms with Crippen LogP contribution in [0.15, 0.2) is 22.7 Å². The summed E-state index contributed by atoms with van der Waals surface area (Å²) in [5, 5.41) is 26.3. The van der Waals surface area contributed by atoms with Crippen LogP contribution < -0.4 is 0 Å². The third kappa shape index (κ3) is 2.70. The van der Waals surface area contributed by atoms with E-state index >= 15 is 0 Å². The second-order valence-corrected chi connectivity index (χ2v) is 3.48. The molecule has 0 atom stereocenters. The van der Waals surface area contributed by atoms with E-state index in [1.165, 1.54) is 23.0 Å². The molecule has 0 saturated carbocycles. The van der Waals surface area contributed by atoms with E-state index in [0.717, 1.165) is 0 Å². The highest BCUT2D eigenvalue weighted by atomic mass is 16.6. The predicted molar refractivity (Wildman–Crippen MR) is 55.8 cm³/mol. The van der Waals surface area contributed by atoms with Gasteiger partial charge in [-0.25, -0.2) is 4.68 Å². The summed E-state index contributed by atoms with van der Waals surface area (Å²) < 4.78 is 6.28. The molecule has 1 N–H and O–H groups in total. The Kier molecular flexibility index (Phi) is 3.04. The second-order valence-electron chi connectivity index (χ2n) is 3.48. The molecule has 0 amide bonds. The minimum absolute atomic E-state index is 0.153. The lowest BCUT2D eigenvalue weighted by molar-refractivity contribution is -0.402. The number of carboxylic acid groups (broad SMARTS) is 1.